The molecule has 1 N–H and O–H groups in total. The van der Waals surface area contributed by atoms with Crippen molar-refractivity contribution < 1.29 is 9.47 Å². The molecule has 2 saturated heterocycles. The summed E-state index contributed by atoms with van der Waals surface area (Å²) in [6, 6.07) is 0. The van der Waals surface area contributed by atoms with Gasteiger partial charge in [-0.2, -0.15) is 0 Å². The molecule has 4 heteroatoms. The van der Waals surface area contributed by atoms with Gasteiger partial charge in [0.2, 0.25) is 0 Å². The zero-order chi connectivity index (χ0) is 10.3. The number of rotatable bonds is 5. The Balaban J connectivity index is 1.47. The van der Waals surface area contributed by atoms with Crippen molar-refractivity contribution in [2.75, 3.05) is 52.5 Å². The molecular formula is C11H22N2O2. The van der Waals surface area contributed by atoms with E-state index in [1.165, 1.54) is 12.8 Å². The van der Waals surface area contributed by atoms with Gasteiger partial charge in [-0.1, -0.05) is 0 Å². The Labute approximate surface area is 91.9 Å². The Bertz CT molecular complexity index is 166. The van der Waals surface area contributed by atoms with E-state index in [4.69, 9.17) is 9.47 Å². The summed E-state index contributed by atoms with van der Waals surface area (Å²) in [5.41, 5.74) is 0. The minimum atomic E-state index is 0.369. The quantitative estimate of drug-likeness (QED) is 0.658. The molecule has 0 aromatic carbocycles. The number of hydrogen-bond donors (Lipinski definition) is 1. The molecule has 0 spiro atoms. The predicted octanol–water partition coefficient (Wildman–Crippen LogP) is 0.0872. The number of ether oxygens (including phenoxy) is 2. The van der Waals surface area contributed by atoms with E-state index in [1.54, 1.807) is 0 Å². The van der Waals surface area contributed by atoms with Crippen molar-refractivity contribution in [3.63, 3.8) is 0 Å². The van der Waals surface area contributed by atoms with Gasteiger partial charge < -0.3 is 14.8 Å². The summed E-state index contributed by atoms with van der Waals surface area (Å²) < 4.78 is 11.1. The van der Waals surface area contributed by atoms with Gasteiger partial charge in [0.15, 0.2) is 0 Å². The molecule has 0 aliphatic carbocycles. The zero-order valence-electron chi connectivity index (χ0n) is 9.41. The maximum absolute atomic E-state index is 5.63. The summed E-state index contributed by atoms with van der Waals surface area (Å²) in [4.78, 5) is 2.45. The van der Waals surface area contributed by atoms with Crippen LogP contribution in [0, 0.1) is 0 Å². The summed E-state index contributed by atoms with van der Waals surface area (Å²) in [6.45, 7) is 8.16. The Morgan fingerprint density at radius 2 is 2.20 bits per heavy atom. The number of hydrogen-bond acceptors (Lipinski definition) is 4. The molecule has 2 aliphatic rings. The second-order valence-electron chi connectivity index (χ2n) is 4.30. The lowest BCUT2D eigenvalue weighted by atomic mass is 10.2. The highest BCUT2D eigenvalue weighted by molar-refractivity contribution is 4.67. The van der Waals surface area contributed by atoms with Gasteiger partial charge in [0.25, 0.3) is 0 Å². The second-order valence-corrected chi connectivity index (χ2v) is 4.30. The van der Waals surface area contributed by atoms with Gasteiger partial charge in [-0.15, -0.1) is 0 Å². The molecule has 0 aromatic rings. The molecule has 2 heterocycles. The van der Waals surface area contributed by atoms with E-state index in [9.17, 15) is 0 Å². The van der Waals surface area contributed by atoms with Crippen LogP contribution in [0.3, 0.4) is 0 Å². The van der Waals surface area contributed by atoms with Crippen LogP contribution in [0.5, 0.6) is 0 Å². The molecule has 4 nitrogen and oxygen atoms in total. The zero-order valence-corrected chi connectivity index (χ0v) is 9.41. The molecule has 2 aliphatic heterocycles. The van der Waals surface area contributed by atoms with Crippen LogP contribution in [0.25, 0.3) is 0 Å². The minimum Gasteiger partial charge on any atom is -0.377 e. The van der Waals surface area contributed by atoms with Crippen molar-refractivity contribution in [2.45, 2.75) is 18.9 Å². The van der Waals surface area contributed by atoms with Crippen molar-refractivity contribution in [1.29, 1.82) is 0 Å². The lowest BCUT2D eigenvalue weighted by molar-refractivity contribution is 0.00970. The van der Waals surface area contributed by atoms with Crippen LogP contribution in [-0.2, 0) is 9.47 Å². The van der Waals surface area contributed by atoms with E-state index in [1.807, 2.05) is 0 Å². The van der Waals surface area contributed by atoms with Gasteiger partial charge in [-0.05, 0) is 12.8 Å². The van der Waals surface area contributed by atoms with E-state index in [2.05, 4.69) is 10.2 Å². The maximum Gasteiger partial charge on any atom is 0.0809 e. The van der Waals surface area contributed by atoms with Crippen LogP contribution in [0.15, 0.2) is 0 Å². The fourth-order valence-corrected chi connectivity index (χ4v) is 2.12. The first-order chi connectivity index (χ1) is 7.45. The molecule has 0 aromatic heterocycles. The van der Waals surface area contributed by atoms with Crippen molar-refractivity contribution in [2.24, 2.45) is 0 Å². The van der Waals surface area contributed by atoms with Gasteiger partial charge in [0, 0.05) is 39.3 Å². The topological polar surface area (TPSA) is 33.7 Å². The largest absolute Gasteiger partial charge is 0.377 e. The molecule has 1 atom stereocenters. The van der Waals surface area contributed by atoms with E-state index in [0.29, 0.717) is 6.10 Å². The molecule has 88 valence electrons. The van der Waals surface area contributed by atoms with E-state index >= 15 is 0 Å². The second kappa shape index (κ2) is 6.43. The molecule has 15 heavy (non-hydrogen) atoms. The fourth-order valence-electron chi connectivity index (χ4n) is 2.12. The minimum absolute atomic E-state index is 0.369. The van der Waals surface area contributed by atoms with Gasteiger partial charge >= 0.3 is 0 Å². The fraction of sp³-hybridized carbons (Fsp3) is 1.00. The van der Waals surface area contributed by atoms with E-state index < -0.39 is 0 Å². The molecule has 0 amide bonds. The summed E-state index contributed by atoms with van der Waals surface area (Å²) in [5.74, 6) is 0. The average Bonchev–Trinajstić information content (AvgIpc) is 2.79. The van der Waals surface area contributed by atoms with Crippen molar-refractivity contribution in [1.82, 2.24) is 10.2 Å². The first kappa shape index (κ1) is 11.3. The lowest BCUT2D eigenvalue weighted by Crippen LogP contribution is -2.44. The Kier molecular flexibility index (Phi) is 4.86. The molecule has 0 radical (unpaired) electrons. The Morgan fingerprint density at radius 1 is 1.33 bits per heavy atom. The van der Waals surface area contributed by atoms with Gasteiger partial charge in [0.1, 0.15) is 0 Å². The third-order valence-corrected chi connectivity index (χ3v) is 3.09. The molecule has 1 unspecified atom stereocenters. The van der Waals surface area contributed by atoms with Crippen molar-refractivity contribution in [3.05, 3.63) is 0 Å². The smallest absolute Gasteiger partial charge is 0.0809 e. The van der Waals surface area contributed by atoms with Crippen LogP contribution in [0.4, 0.5) is 0 Å². The molecule has 0 bridgehead atoms. The van der Waals surface area contributed by atoms with Gasteiger partial charge in [0.05, 0.1) is 19.3 Å². The lowest BCUT2D eigenvalue weighted by Gasteiger charge is -2.27. The summed E-state index contributed by atoms with van der Waals surface area (Å²) in [6.07, 6.45) is 2.74. The van der Waals surface area contributed by atoms with E-state index in [0.717, 1.165) is 52.5 Å². The molecule has 2 rings (SSSR count). The van der Waals surface area contributed by atoms with Crippen LogP contribution in [0.1, 0.15) is 12.8 Å². The van der Waals surface area contributed by atoms with Crippen LogP contribution >= 0.6 is 0 Å². The van der Waals surface area contributed by atoms with Crippen molar-refractivity contribution >= 4 is 0 Å². The van der Waals surface area contributed by atoms with Crippen LogP contribution < -0.4 is 5.32 Å². The van der Waals surface area contributed by atoms with Crippen LogP contribution in [-0.4, -0.2) is 63.5 Å². The molecule has 0 saturated carbocycles. The highest BCUT2D eigenvalue weighted by atomic mass is 16.5. The van der Waals surface area contributed by atoms with Crippen LogP contribution in [0.2, 0.25) is 0 Å². The number of nitrogens with zero attached hydrogens (tertiary/aromatic N) is 1. The summed E-state index contributed by atoms with van der Waals surface area (Å²) in [5, 5.41) is 3.35. The highest BCUT2D eigenvalue weighted by Gasteiger charge is 2.15. The Morgan fingerprint density at radius 3 is 2.93 bits per heavy atom. The van der Waals surface area contributed by atoms with Gasteiger partial charge in [-0.3, -0.25) is 4.90 Å². The highest BCUT2D eigenvalue weighted by Crippen LogP contribution is 2.11. The first-order valence-electron chi connectivity index (χ1n) is 6.07. The monoisotopic (exact) mass is 214 g/mol. The third kappa shape index (κ3) is 4.07. The standard InChI is InChI=1S/C11H22N2O2/c1-2-11(15-8-1)10-14-9-7-13-5-3-12-4-6-13/h11-12H,1-10H2. The first-order valence-corrected chi connectivity index (χ1v) is 6.07. The number of piperazine rings is 1. The summed E-state index contributed by atoms with van der Waals surface area (Å²) in [7, 11) is 0. The number of nitrogens with one attached hydrogen (secondary N) is 1. The molecule has 2 fully saturated rings. The third-order valence-electron chi connectivity index (χ3n) is 3.09. The predicted molar refractivity (Wildman–Crippen MR) is 59.1 cm³/mol. The SMILES string of the molecule is C1COC(COCCN2CCNCC2)C1. The maximum atomic E-state index is 5.63. The van der Waals surface area contributed by atoms with Gasteiger partial charge in [-0.25, -0.2) is 0 Å². The Hall–Kier alpha value is -0.160. The van der Waals surface area contributed by atoms with E-state index in [-0.39, 0.29) is 0 Å². The average molecular weight is 214 g/mol. The van der Waals surface area contributed by atoms with Crippen molar-refractivity contribution in [3.8, 4) is 0 Å². The molecular weight excluding hydrogens is 192 g/mol. The summed E-state index contributed by atoms with van der Waals surface area (Å²) >= 11 is 0. The normalized spacial score (nSPS) is 28.4.